The minimum Gasteiger partial charge on any atom is -0.490 e. The molecule has 0 N–H and O–H groups in total. The molecule has 0 atom stereocenters. The summed E-state index contributed by atoms with van der Waals surface area (Å²) in [5, 5.41) is 6.58. The van der Waals surface area contributed by atoms with E-state index in [4.69, 9.17) is 9.47 Å². The molecule has 1 aliphatic heterocycles. The van der Waals surface area contributed by atoms with Gasteiger partial charge in [-0.3, -0.25) is 9.80 Å². The van der Waals surface area contributed by atoms with Crippen LogP contribution < -0.4 is 14.5 Å². The predicted octanol–water partition coefficient (Wildman–Crippen LogP) is 4.65. The number of nitrogens with zero attached hydrogens (tertiary/aromatic N) is 3. The fourth-order valence-corrected chi connectivity index (χ4v) is 3.55. The zero-order chi connectivity index (χ0) is 22.1. The monoisotopic (exact) mass is 423 g/mol. The Morgan fingerprint density at radius 1 is 1.03 bits per heavy atom. The molecule has 1 aliphatic rings. The predicted molar refractivity (Wildman–Crippen MR) is 125 cm³/mol. The molecule has 2 aromatic carbocycles. The molecular formula is C25H33N3O3. The van der Waals surface area contributed by atoms with Crippen LogP contribution in [0.5, 0.6) is 11.5 Å². The zero-order valence-electron chi connectivity index (χ0n) is 18.8. The van der Waals surface area contributed by atoms with Gasteiger partial charge in [0, 0.05) is 19.6 Å². The lowest BCUT2D eigenvalue weighted by Gasteiger charge is -2.26. The molecule has 0 unspecified atom stereocenters. The van der Waals surface area contributed by atoms with Crippen LogP contribution in [0.25, 0.3) is 0 Å². The average molecular weight is 424 g/mol. The topological polar surface area (TPSA) is 54.4 Å². The number of hydrogen-bond donors (Lipinski definition) is 0. The molecule has 3 rings (SSSR count). The number of anilines is 1. The van der Waals surface area contributed by atoms with Crippen LogP contribution in [0.2, 0.25) is 0 Å². The summed E-state index contributed by atoms with van der Waals surface area (Å²) in [5.74, 6) is 1.23. The molecule has 1 heterocycles. The van der Waals surface area contributed by atoms with Gasteiger partial charge >= 0.3 is 0 Å². The third-order valence-corrected chi connectivity index (χ3v) is 5.31. The largest absolute Gasteiger partial charge is 0.490 e. The lowest BCUT2D eigenvalue weighted by atomic mass is 10.1. The Hall–Kier alpha value is -3.02. The highest BCUT2D eigenvalue weighted by Gasteiger charge is 2.17. The van der Waals surface area contributed by atoms with Gasteiger partial charge in [0.15, 0.2) is 18.1 Å². The molecule has 0 aromatic heterocycles. The highest BCUT2D eigenvalue weighted by atomic mass is 16.5. The van der Waals surface area contributed by atoms with Gasteiger partial charge in [0.25, 0.3) is 5.91 Å². The van der Waals surface area contributed by atoms with Crippen molar-refractivity contribution in [3.63, 3.8) is 0 Å². The first-order valence-electron chi connectivity index (χ1n) is 11.2. The van der Waals surface area contributed by atoms with Gasteiger partial charge in [-0.15, -0.1) is 0 Å². The van der Waals surface area contributed by atoms with Crippen LogP contribution in [0, 0.1) is 6.92 Å². The first-order chi connectivity index (χ1) is 15.1. The summed E-state index contributed by atoms with van der Waals surface area (Å²) in [5.41, 5.74) is 3.17. The van der Waals surface area contributed by atoms with Crippen molar-refractivity contribution < 1.29 is 14.3 Å². The van der Waals surface area contributed by atoms with Crippen LogP contribution in [0.1, 0.15) is 44.2 Å². The van der Waals surface area contributed by atoms with E-state index in [1.807, 2.05) is 41.2 Å². The number of piperidine rings is 1. The number of hydrogen-bond acceptors (Lipinski definition) is 5. The summed E-state index contributed by atoms with van der Waals surface area (Å²) >= 11 is 0. The van der Waals surface area contributed by atoms with Crippen LogP contribution in [-0.4, -0.2) is 49.9 Å². The number of rotatable bonds is 9. The summed E-state index contributed by atoms with van der Waals surface area (Å²) in [6.45, 7) is 9.03. The van der Waals surface area contributed by atoms with Gasteiger partial charge in [0.05, 0.1) is 18.5 Å². The third kappa shape index (κ3) is 6.48. The fourth-order valence-electron chi connectivity index (χ4n) is 3.55. The highest BCUT2D eigenvalue weighted by Crippen LogP contribution is 2.28. The molecular weight excluding hydrogens is 390 g/mol. The van der Waals surface area contributed by atoms with Crippen LogP contribution in [0.4, 0.5) is 5.69 Å². The summed E-state index contributed by atoms with van der Waals surface area (Å²) in [6, 6.07) is 14.0. The molecule has 0 bridgehead atoms. The van der Waals surface area contributed by atoms with Crippen LogP contribution in [0.15, 0.2) is 47.6 Å². The molecule has 166 valence electrons. The summed E-state index contributed by atoms with van der Waals surface area (Å²) < 4.78 is 11.6. The second-order valence-corrected chi connectivity index (χ2v) is 7.67. The number of aryl methyl sites for hydroxylation is 1. The molecule has 1 amide bonds. The molecule has 0 aliphatic carbocycles. The van der Waals surface area contributed by atoms with E-state index < -0.39 is 0 Å². The van der Waals surface area contributed by atoms with Crippen molar-refractivity contribution in [2.75, 3.05) is 37.9 Å². The number of carbonyl (C=O) groups is 1. The van der Waals surface area contributed by atoms with Gasteiger partial charge in [0.2, 0.25) is 0 Å². The number of amides is 1. The second-order valence-electron chi connectivity index (χ2n) is 7.67. The Kier molecular flexibility index (Phi) is 8.33. The van der Waals surface area contributed by atoms with Gasteiger partial charge in [-0.2, -0.15) is 5.10 Å². The maximum atomic E-state index is 12.4. The molecule has 0 saturated carbocycles. The van der Waals surface area contributed by atoms with E-state index in [9.17, 15) is 4.79 Å². The minimum atomic E-state index is 0.0319. The van der Waals surface area contributed by atoms with Crippen molar-refractivity contribution in [1.29, 1.82) is 0 Å². The van der Waals surface area contributed by atoms with Crippen molar-refractivity contribution in [3.8, 4) is 11.5 Å². The normalized spacial score (nSPS) is 14.0. The molecule has 31 heavy (non-hydrogen) atoms. The Bertz CT molecular complexity index is 874. The van der Waals surface area contributed by atoms with Gasteiger partial charge in [-0.25, -0.2) is 0 Å². The lowest BCUT2D eigenvalue weighted by Crippen LogP contribution is -2.38. The summed E-state index contributed by atoms with van der Waals surface area (Å²) in [7, 11) is 0. The van der Waals surface area contributed by atoms with Crippen LogP contribution >= 0.6 is 0 Å². The smallest absolute Gasteiger partial charge is 0.260 e. The van der Waals surface area contributed by atoms with E-state index in [2.05, 4.69) is 43.2 Å². The number of benzene rings is 2. The highest BCUT2D eigenvalue weighted by molar-refractivity contribution is 5.82. The number of likely N-dealkylation sites (tertiary alicyclic amines) is 1. The van der Waals surface area contributed by atoms with Crippen molar-refractivity contribution in [2.45, 2.75) is 40.0 Å². The Morgan fingerprint density at radius 3 is 2.45 bits per heavy atom. The SMILES string of the molecule is CCOc1cc(/C=N/N(CC)c2ccc(C)cc2)ccc1OCC(=O)N1CCCCC1. The molecule has 1 saturated heterocycles. The van der Waals surface area contributed by atoms with Crippen LogP contribution in [0.3, 0.4) is 0 Å². The maximum absolute atomic E-state index is 12.4. The molecule has 1 fully saturated rings. The van der Waals surface area contributed by atoms with Gasteiger partial charge < -0.3 is 14.4 Å². The number of ether oxygens (including phenoxy) is 2. The van der Waals surface area contributed by atoms with Crippen molar-refractivity contribution in [1.82, 2.24) is 4.90 Å². The van der Waals surface area contributed by atoms with Crippen LogP contribution in [-0.2, 0) is 4.79 Å². The first kappa shape index (κ1) is 22.7. The molecule has 2 aromatic rings. The van der Waals surface area contributed by atoms with Crippen molar-refractivity contribution in [2.24, 2.45) is 5.10 Å². The lowest BCUT2D eigenvalue weighted by molar-refractivity contribution is -0.134. The quantitative estimate of drug-likeness (QED) is 0.435. The van der Waals surface area contributed by atoms with Crippen molar-refractivity contribution in [3.05, 3.63) is 53.6 Å². The fraction of sp³-hybridized carbons (Fsp3) is 0.440. The van der Waals surface area contributed by atoms with Gasteiger partial charge in [-0.1, -0.05) is 17.7 Å². The summed E-state index contributed by atoms with van der Waals surface area (Å²) in [4.78, 5) is 14.3. The van der Waals surface area contributed by atoms with E-state index in [0.29, 0.717) is 18.1 Å². The van der Waals surface area contributed by atoms with E-state index in [0.717, 1.165) is 43.7 Å². The summed E-state index contributed by atoms with van der Waals surface area (Å²) in [6.07, 6.45) is 5.15. The minimum absolute atomic E-state index is 0.0319. The maximum Gasteiger partial charge on any atom is 0.260 e. The molecule has 0 spiro atoms. The standard InChI is InChI=1S/C25H33N3O3/c1-4-28(22-12-9-20(3)10-13-22)26-18-21-11-14-23(24(17-21)30-5-2)31-19-25(29)27-15-7-6-8-16-27/h9-14,17-18H,4-8,15-16,19H2,1-3H3/b26-18+. The van der Waals surface area contributed by atoms with E-state index in [-0.39, 0.29) is 12.5 Å². The van der Waals surface area contributed by atoms with E-state index in [1.54, 1.807) is 0 Å². The number of carbonyl (C=O) groups excluding carboxylic acids is 1. The average Bonchev–Trinajstić information content (AvgIpc) is 2.80. The third-order valence-electron chi connectivity index (χ3n) is 5.31. The molecule has 0 radical (unpaired) electrons. The Labute approximate surface area is 185 Å². The first-order valence-corrected chi connectivity index (χ1v) is 11.2. The van der Waals surface area contributed by atoms with Crippen molar-refractivity contribution >= 4 is 17.8 Å². The van der Waals surface area contributed by atoms with Gasteiger partial charge in [0.1, 0.15) is 0 Å². The number of hydrazone groups is 1. The molecule has 6 heteroatoms. The second kappa shape index (κ2) is 11.4. The van der Waals surface area contributed by atoms with E-state index >= 15 is 0 Å². The Balaban J connectivity index is 1.67. The zero-order valence-corrected chi connectivity index (χ0v) is 18.8. The Morgan fingerprint density at radius 2 is 1.77 bits per heavy atom. The van der Waals surface area contributed by atoms with E-state index in [1.165, 1.54) is 12.0 Å². The molecule has 6 nitrogen and oxygen atoms in total. The van der Waals surface area contributed by atoms with Gasteiger partial charge in [-0.05, 0) is 75.9 Å².